The van der Waals surface area contributed by atoms with Gasteiger partial charge in [-0.25, -0.2) is 4.79 Å². The first kappa shape index (κ1) is 19.4. The van der Waals surface area contributed by atoms with Crippen LogP contribution in [0, 0.1) is 0 Å². The zero-order chi connectivity index (χ0) is 21.1. The first-order valence-corrected chi connectivity index (χ1v) is 9.49. The smallest absolute Gasteiger partial charge is 0.338 e. The van der Waals surface area contributed by atoms with Gasteiger partial charge in [-0.05, 0) is 67.1 Å². The molecule has 6 nitrogen and oxygen atoms in total. The minimum absolute atomic E-state index is 0.0966. The topological polar surface area (TPSA) is 81.7 Å². The Balaban J connectivity index is 1.35. The van der Waals surface area contributed by atoms with Crippen LogP contribution in [0.15, 0.2) is 72.8 Å². The summed E-state index contributed by atoms with van der Waals surface area (Å²) in [5.74, 6) is -0.0569. The maximum Gasteiger partial charge on any atom is 0.338 e. The van der Waals surface area contributed by atoms with Crippen molar-refractivity contribution in [1.29, 1.82) is 0 Å². The maximum atomic E-state index is 12.4. The standard InChI is InChI=1S/C24H19NO5/c1-15-20-13-17(9-12-21(20)25-23(15)27)22(26)14-29-24(28)16-7-10-19(11-8-16)30-18-5-3-2-4-6-18/h2-13,15H,14H2,1H3,(H,25,27)/t15-/m1/s1. The number of rotatable bonds is 6. The van der Waals surface area contributed by atoms with Crippen molar-refractivity contribution in [3.05, 3.63) is 89.5 Å². The number of nitrogens with one attached hydrogen (secondary N) is 1. The number of ketones is 1. The van der Waals surface area contributed by atoms with Crippen molar-refractivity contribution in [2.45, 2.75) is 12.8 Å². The first-order valence-electron chi connectivity index (χ1n) is 9.49. The van der Waals surface area contributed by atoms with Crippen molar-refractivity contribution in [2.75, 3.05) is 11.9 Å². The molecular weight excluding hydrogens is 382 g/mol. The van der Waals surface area contributed by atoms with Gasteiger partial charge in [0.2, 0.25) is 5.91 Å². The van der Waals surface area contributed by atoms with Gasteiger partial charge in [0, 0.05) is 11.3 Å². The van der Waals surface area contributed by atoms with Crippen molar-refractivity contribution in [3.8, 4) is 11.5 Å². The van der Waals surface area contributed by atoms with Crippen molar-refractivity contribution < 1.29 is 23.9 Å². The molecule has 4 rings (SSSR count). The molecule has 1 N–H and O–H groups in total. The third kappa shape index (κ3) is 4.07. The zero-order valence-corrected chi connectivity index (χ0v) is 16.3. The van der Waals surface area contributed by atoms with Crippen molar-refractivity contribution in [2.24, 2.45) is 0 Å². The van der Waals surface area contributed by atoms with Gasteiger partial charge in [0.1, 0.15) is 11.5 Å². The molecule has 6 heteroatoms. The summed E-state index contributed by atoms with van der Waals surface area (Å²) >= 11 is 0. The van der Waals surface area contributed by atoms with E-state index in [1.807, 2.05) is 30.3 Å². The number of hydrogen-bond donors (Lipinski definition) is 1. The summed E-state index contributed by atoms with van der Waals surface area (Å²) in [6.07, 6.45) is 0. The normalized spacial score (nSPS) is 14.6. The van der Waals surface area contributed by atoms with Crippen LogP contribution in [-0.2, 0) is 9.53 Å². The summed E-state index contributed by atoms with van der Waals surface area (Å²) in [6.45, 7) is 1.40. The minimum atomic E-state index is -0.596. The largest absolute Gasteiger partial charge is 0.457 e. The molecule has 30 heavy (non-hydrogen) atoms. The average molecular weight is 401 g/mol. The number of anilines is 1. The molecule has 0 aliphatic carbocycles. The van der Waals surface area contributed by atoms with Gasteiger partial charge in [0.05, 0.1) is 11.5 Å². The predicted molar refractivity (Wildman–Crippen MR) is 111 cm³/mol. The second-order valence-electron chi connectivity index (χ2n) is 6.95. The molecule has 0 saturated heterocycles. The fourth-order valence-electron chi connectivity index (χ4n) is 3.17. The molecule has 1 heterocycles. The van der Waals surface area contributed by atoms with Gasteiger partial charge in [0.15, 0.2) is 12.4 Å². The fraction of sp³-hybridized carbons (Fsp3) is 0.125. The summed E-state index contributed by atoms with van der Waals surface area (Å²) in [6, 6.07) is 20.8. The van der Waals surface area contributed by atoms with Crippen molar-refractivity contribution in [1.82, 2.24) is 0 Å². The van der Waals surface area contributed by atoms with E-state index in [9.17, 15) is 14.4 Å². The summed E-state index contributed by atoms with van der Waals surface area (Å²) in [4.78, 5) is 36.4. The highest BCUT2D eigenvalue weighted by Gasteiger charge is 2.27. The molecule has 1 amide bonds. The lowest BCUT2D eigenvalue weighted by molar-refractivity contribution is -0.116. The van der Waals surface area contributed by atoms with Crippen LogP contribution in [0.4, 0.5) is 5.69 Å². The molecule has 1 aliphatic heterocycles. The number of hydrogen-bond acceptors (Lipinski definition) is 5. The van der Waals surface area contributed by atoms with Gasteiger partial charge in [-0.2, -0.15) is 0 Å². The summed E-state index contributed by atoms with van der Waals surface area (Å²) in [7, 11) is 0. The number of amides is 1. The predicted octanol–water partition coefficient (Wildman–Crippen LogP) is 4.57. The Labute approximate surface area is 173 Å². The Morgan fingerprint density at radius 2 is 1.57 bits per heavy atom. The van der Waals surface area contributed by atoms with Crippen molar-refractivity contribution in [3.63, 3.8) is 0 Å². The lowest BCUT2D eigenvalue weighted by Gasteiger charge is -2.08. The van der Waals surface area contributed by atoms with Gasteiger partial charge in [-0.3, -0.25) is 9.59 Å². The van der Waals surface area contributed by atoms with Crippen LogP contribution < -0.4 is 10.1 Å². The van der Waals surface area contributed by atoms with Gasteiger partial charge >= 0.3 is 5.97 Å². The molecule has 0 radical (unpaired) electrons. The molecular formula is C24H19NO5. The molecule has 3 aromatic carbocycles. The van der Waals surface area contributed by atoms with Crippen LogP contribution in [0.5, 0.6) is 11.5 Å². The van der Waals surface area contributed by atoms with Crippen LogP contribution in [0.2, 0.25) is 0 Å². The highest BCUT2D eigenvalue weighted by molar-refractivity contribution is 6.05. The molecule has 0 spiro atoms. The van der Waals surface area contributed by atoms with Gasteiger partial charge < -0.3 is 14.8 Å². The van der Waals surface area contributed by atoms with Crippen LogP contribution in [0.3, 0.4) is 0 Å². The third-order valence-corrected chi connectivity index (χ3v) is 4.89. The lowest BCUT2D eigenvalue weighted by Crippen LogP contribution is -2.14. The second kappa shape index (κ2) is 8.21. The monoisotopic (exact) mass is 401 g/mol. The van der Waals surface area contributed by atoms with E-state index >= 15 is 0 Å². The van der Waals surface area contributed by atoms with Crippen LogP contribution >= 0.6 is 0 Å². The van der Waals surface area contributed by atoms with E-state index < -0.39 is 5.97 Å². The number of Topliss-reactive ketones (excluding diaryl/α,β-unsaturated/α-hetero) is 1. The van der Waals surface area contributed by atoms with Gasteiger partial charge in [-0.1, -0.05) is 18.2 Å². The number of esters is 1. The highest BCUT2D eigenvalue weighted by Crippen LogP contribution is 2.32. The molecule has 0 fully saturated rings. The van der Waals surface area contributed by atoms with Crippen molar-refractivity contribution >= 4 is 23.3 Å². The zero-order valence-electron chi connectivity index (χ0n) is 16.3. The second-order valence-corrected chi connectivity index (χ2v) is 6.95. The van der Waals surface area contributed by atoms with Crippen LogP contribution in [0.1, 0.15) is 39.1 Å². The molecule has 0 bridgehead atoms. The van der Waals surface area contributed by atoms with E-state index in [-0.39, 0.29) is 24.2 Å². The Morgan fingerprint density at radius 1 is 0.900 bits per heavy atom. The Bertz CT molecular complexity index is 1110. The highest BCUT2D eigenvalue weighted by atomic mass is 16.5. The minimum Gasteiger partial charge on any atom is -0.457 e. The quantitative estimate of drug-likeness (QED) is 0.483. The number of carbonyl (C=O) groups excluding carboxylic acids is 3. The van der Waals surface area contributed by atoms with Gasteiger partial charge in [0.25, 0.3) is 0 Å². The summed E-state index contributed by atoms with van der Waals surface area (Å²) in [5.41, 5.74) is 2.20. The van der Waals surface area contributed by atoms with E-state index in [1.165, 1.54) is 0 Å². The number of fused-ring (bicyclic) bond motifs is 1. The van der Waals surface area contributed by atoms with Crippen LogP contribution in [-0.4, -0.2) is 24.3 Å². The Morgan fingerprint density at radius 3 is 2.30 bits per heavy atom. The fourth-order valence-corrected chi connectivity index (χ4v) is 3.17. The third-order valence-electron chi connectivity index (χ3n) is 4.89. The molecule has 0 unspecified atom stereocenters. The number of carbonyl (C=O) groups is 3. The molecule has 1 atom stereocenters. The SMILES string of the molecule is C[C@H]1C(=O)Nc2ccc(C(=O)COC(=O)c3ccc(Oc4ccccc4)cc3)cc21. The van der Waals surface area contributed by atoms with E-state index in [0.29, 0.717) is 28.3 Å². The maximum absolute atomic E-state index is 12.4. The molecule has 0 saturated carbocycles. The number of para-hydroxylation sites is 1. The number of ether oxygens (including phenoxy) is 2. The van der Waals surface area contributed by atoms with E-state index in [2.05, 4.69) is 5.32 Å². The average Bonchev–Trinajstić information content (AvgIpc) is 3.06. The summed E-state index contributed by atoms with van der Waals surface area (Å²) in [5, 5.41) is 2.76. The molecule has 150 valence electrons. The molecule has 1 aliphatic rings. The van der Waals surface area contributed by atoms with E-state index in [1.54, 1.807) is 49.4 Å². The first-order chi connectivity index (χ1) is 14.5. The van der Waals surface area contributed by atoms with Crippen LogP contribution in [0.25, 0.3) is 0 Å². The Kier molecular flexibility index (Phi) is 5.30. The number of benzene rings is 3. The van der Waals surface area contributed by atoms with Gasteiger partial charge in [-0.15, -0.1) is 0 Å². The lowest BCUT2D eigenvalue weighted by atomic mass is 9.99. The molecule has 3 aromatic rings. The van der Waals surface area contributed by atoms with E-state index in [0.717, 1.165) is 5.56 Å². The van der Waals surface area contributed by atoms with E-state index in [4.69, 9.17) is 9.47 Å². The summed E-state index contributed by atoms with van der Waals surface area (Å²) < 4.78 is 10.8. The Hall–Kier alpha value is -3.93. The molecule has 0 aromatic heterocycles.